The first kappa shape index (κ1) is 26.1. The number of aromatic nitrogens is 1. The van der Waals surface area contributed by atoms with Crippen LogP contribution in [-0.2, 0) is 19.4 Å². The highest BCUT2D eigenvalue weighted by molar-refractivity contribution is 5.66. The predicted octanol–water partition coefficient (Wildman–Crippen LogP) is 5.16. The van der Waals surface area contributed by atoms with Gasteiger partial charge in [0.2, 0.25) is 0 Å². The van der Waals surface area contributed by atoms with E-state index in [0.717, 1.165) is 27.8 Å². The van der Waals surface area contributed by atoms with Gasteiger partial charge in [0.05, 0.1) is 12.1 Å². The van der Waals surface area contributed by atoms with Gasteiger partial charge in [-0.2, -0.15) is 0 Å². The summed E-state index contributed by atoms with van der Waals surface area (Å²) in [6, 6.07) is 30.3. The summed E-state index contributed by atoms with van der Waals surface area (Å²) in [7, 11) is 0. The van der Waals surface area contributed by atoms with Crippen LogP contribution in [0.2, 0.25) is 0 Å². The minimum absolute atomic E-state index is 0.181. The molecule has 6 heteroatoms. The third-order valence-electron chi connectivity index (χ3n) is 6.58. The van der Waals surface area contributed by atoms with Gasteiger partial charge in [0.1, 0.15) is 0 Å². The van der Waals surface area contributed by atoms with Crippen molar-refractivity contribution in [1.82, 2.24) is 9.88 Å². The zero-order valence-corrected chi connectivity index (χ0v) is 20.7. The van der Waals surface area contributed by atoms with Gasteiger partial charge >= 0.3 is 6.09 Å². The zero-order chi connectivity index (χ0) is 26.0. The summed E-state index contributed by atoms with van der Waals surface area (Å²) in [6.07, 6.45) is 2.76. The maximum absolute atomic E-state index is 12.4. The van der Waals surface area contributed by atoms with Crippen LogP contribution in [0.1, 0.15) is 23.1 Å². The Morgan fingerprint density at radius 2 is 1.30 bits per heavy atom. The minimum Gasteiger partial charge on any atom is -0.465 e. The highest BCUT2D eigenvalue weighted by Crippen LogP contribution is 2.23. The van der Waals surface area contributed by atoms with E-state index in [1.54, 1.807) is 12.4 Å². The Kier molecular flexibility index (Phi) is 9.03. The fraction of sp³-hybridized carbons (Fsp3) is 0.226. The van der Waals surface area contributed by atoms with Gasteiger partial charge in [-0.3, -0.25) is 9.88 Å². The fourth-order valence-electron chi connectivity index (χ4n) is 4.65. The lowest BCUT2D eigenvalue weighted by Gasteiger charge is -2.34. The largest absolute Gasteiger partial charge is 0.465 e. The molecule has 3 aromatic carbocycles. The van der Waals surface area contributed by atoms with E-state index in [1.807, 2.05) is 97.1 Å². The van der Waals surface area contributed by atoms with Crippen molar-refractivity contribution in [1.29, 1.82) is 0 Å². The lowest BCUT2D eigenvalue weighted by Crippen LogP contribution is -2.49. The molecule has 1 amide bonds. The molecule has 1 heterocycles. The van der Waals surface area contributed by atoms with Crippen molar-refractivity contribution in [3.63, 3.8) is 0 Å². The van der Waals surface area contributed by atoms with Gasteiger partial charge in [-0.1, -0.05) is 84.9 Å². The van der Waals surface area contributed by atoms with Crippen LogP contribution < -0.4 is 5.73 Å². The standard InChI is InChI=1S/C31H33N3O3/c32-28(19-23-7-3-1-4-8-23)21-30(35)29(34(31(36)37)22-25-9-5-2-6-10-25)20-24-11-13-26(14-12-24)27-15-17-33-18-16-27/h1-18,28-30,35H,19-22,32H2,(H,36,37)/t28-,29-,30-/m0/s1. The lowest BCUT2D eigenvalue weighted by atomic mass is 9.92. The lowest BCUT2D eigenvalue weighted by molar-refractivity contribution is 0.0362. The molecular formula is C31H33N3O3. The monoisotopic (exact) mass is 495 g/mol. The number of carbonyl (C=O) groups is 1. The molecule has 0 unspecified atom stereocenters. The van der Waals surface area contributed by atoms with Crippen LogP contribution in [0.25, 0.3) is 11.1 Å². The summed E-state index contributed by atoms with van der Waals surface area (Å²) in [4.78, 5) is 17.8. The second kappa shape index (κ2) is 12.8. The molecule has 6 nitrogen and oxygen atoms in total. The average molecular weight is 496 g/mol. The molecule has 0 aliphatic carbocycles. The van der Waals surface area contributed by atoms with Gasteiger partial charge in [0.15, 0.2) is 0 Å². The fourth-order valence-corrected chi connectivity index (χ4v) is 4.65. The number of aliphatic hydroxyl groups is 1. The van der Waals surface area contributed by atoms with Crippen LogP contribution in [0.4, 0.5) is 4.79 Å². The molecule has 4 rings (SSSR count). The van der Waals surface area contributed by atoms with E-state index in [9.17, 15) is 15.0 Å². The normalized spacial score (nSPS) is 13.5. The molecule has 0 saturated heterocycles. The summed E-state index contributed by atoms with van der Waals surface area (Å²) in [5.41, 5.74) is 11.4. The van der Waals surface area contributed by atoms with Crippen molar-refractivity contribution in [2.45, 2.75) is 44.0 Å². The number of carboxylic acid groups (broad SMARTS) is 1. The van der Waals surface area contributed by atoms with Crippen LogP contribution in [0.5, 0.6) is 0 Å². The quantitative estimate of drug-likeness (QED) is 0.267. The van der Waals surface area contributed by atoms with Gasteiger partial charge in [0, 0.05) is 25.0 Å². The number of amides is 1. The minimum atomic E-state index is -1.07. The number of pyridine rings is 1. The van der Waals surface area contributed by atoms with Crippen LogP contribution in [0, 0.1) is 0 Å². The van der Waals surface area contributed by atoms with Crippen LogP contribution in [0.15, 0.2) is 109 Å². The molecule has 0 aliphatic heterocycles. The number of aliphatic hydroxyl groups excluding tert-OH is 1. The second-order valence-corrected chi connectivity index (χ2v) is 9.35. The Hall–Kier alpha value is -4.00. The van der Waals surface area contributed by atoms with Crippen molar-refractivity contribution >= 4 is 6.09 Å². The Balaban J connectivity index is 1.55. The highest BCUT2D eigenvalue weighted by atomic mass is 16.4. The molecule has 1 aromatic heterocycles. The number of nitrogens with two attached hydrogens (primary N) is 1. The van der Waals surface area contributed by atoms with Gasteiger partial charge in [-0.25, -0.2) is 4.79 Å². The molecule has 0 spiro atoms. The Bertz CT molecular complexity index is 1240. The molecule has 0 bridgehead atoms. The van der Waals surface area contributed by atoms with E-state index in [4.69, 9.17) is 5.73 Å². The van der Waals surface area contributed by atoms with E-state index in [2.05, 4.69) is 4.98 Å². The maximum atomic E-state index is 12.4. The van der Waals surface area contributed by atoms with Gasteiger partial charge < -0.3 is 15.9 Å². The molecule has 0 aliphatic rings. The number of nitrogens with zero attached hydrogens (tertiary/aromatic N) is 2. The summed E-state index contributed by atoms with van der Waals surface area (Å²) in [5, 5.41) is 21.5. The van der Waals surface area contributed by atoms with Crippen LogP contribution >= 0.6 is 0 Å². The van der Waals surface area contributed by atoms with E-state index < -0.39 is 18.2 Å². The molecule has 0 radical (unpaired) electrons. The van der Waals surface area contributed by atoms with E-state index in [0.29, 0.717) is 12.8 Å². The van der Waals surface area contributed by atoms with Crippen molar-refractivity contribution in [2.24, 2.45) is 5.73 Å². The maximum Gasteiger partial charge on any atom is 0.407 e. The number of hydrogen-bond donors (Lipinski definition) is 3. The SMILES string of the molecule is N[C@@H](Cc1ccccc1)C[C@H](O)[C@H](Cc1ccc(-c2ccncc2)cc1)N(Cc1ccccc1)C(=O)O. The van der Waals surface area contributed by atoms with E-state index in [1.165, 1.54) is 4.90 Å². The molecule has 190 valence electrons. The molecule has 0 fully saturated rings. The van der Waals surface area contributed by atoms with Crippen LogP contribution in [-0.4, -0.2) is 44.4 Å². The van der Waals surface area contributed by atoms with Crippen LogP contribution in [0.3, 0.4) is 0 Å². The van der Waals surface area contributed by atoms with Gasteiger partial charge in [-0.15, -0.1) is 0 Å². The molecule has 37 heavy (non-hydrogen) atoms. The Labute approximate surface area is 218 Å². The summed E-state index contributed by atoms with van der Waals surface area (Å²) in [5.74, 6) is 0. The van der Waals surface area contributed by atoms with Crippen molar-refractivity contribution in [3.8, 4) is 11.1 Å². The summed E-state index contributed by atoms with van der Waals surface area (Å²) in [6.45, 7) is 0.181. The first-order chi connectivity index (χ1) is 18.0. The molecular weight excluding hydrogens is 462 g/mol. The zero-order valence-electron chi connectivity index (χ0n) is 20.7. The third-order valence-corrected chi connectivity index (χ3v) is 6.58. The predicted molar refractivity (Wildman–Crippen MR) is 146 cm³/mol. The average Bonchev–Trinajstić information content (AvgIpc) is 2.92. The van der Waals surface area contributed by atoms with Crippen molar-refractivity contribution in [2.75, 3.05) is 0 Å². The Morgan fingerprint density at radius 1 is 0.757 bits per heavy atom. The van der Waals surface area contributed by atoms with Crippen molar-refractivity contribution < 1.29 is 15.0 Å². The molecule has 4 N–H and O–H groups in total. The molecule has 3 atom stereocenters. The van der Waals surface area contributed by atoms with E-state index >= 15 is 0 Å². The molecule has 4 aromatic rings. The first-order valence-corrected chi connectivity index (χ1v) is 12.5. The summed E-state index contributed by atoms with van der Waals surface area (Å²) >= 11 is 0. The second-order valence-electron chi connectivity index (χ2n) is 9.35. The number of hydrogen-bond acceptors (Lipinski definition) is 4. The van der Waals surface area contributed by atoms with Gasteiger partial charge in [0.25, 0.3) is 0 Å². The van der Waals surface area contributed by atoms with Crippen molar-refractivity contribution in [3.05, 3.63) is 126 Å². The third kappa shape index (κ3) is 7.49. The number of benzene rings is 3. The number of rotatable bonds is 11. The van der Waals surface area contributed by atoms with Gasteiger partial charge in [-0.05, 0) is 59.2 Å². The Morgan fingerprint density at radius 3 is 1.89 bits per heavy atom. The van der Waals surface area contributed by atoms with E-state index in [-0.39, 0.29) is 19.0 Å². The highest BCUT2D eigenvalue weighted by Gasteiger charge is 2.31. The first-order valence-electron chi connectivity index (χ1n) is 12.5. The smallest absolute Gasteiger partial charge is 0.407 e. The topological polar surface area (TPSA) is 99.7 Å². The summed E-state index contributed by atoms with van der Waals surface area (Å²) < 4.78 is 0. The molecule has 0 saturated carbocycles.